The van der Waals surface area contributed by atoms with E-state index in [1.807, 2.05) is 13.8 Å². The van der Waals surface area contributed by atoms with Crippen LogP contribution in [0.5, 0.6) is 5.75 Å². The fourth-order valence-electron chi connectivity index (χ4n) is 3.69. The van der Waals surface area contributed by atoms with E-state index in [4.69, 9.17) is 4.74 Å². The number of methoxy groups -OCH3 is 1. The van der Waals surface area contributed by atoms with Gasteiger partial charge in [-0.15, -0.1) is 0 Å². The Hall–Kier alpha value is -3.59. The molecule has 0 spiro atoms. The molecule has 1 aromatic heterocycles. The molecule has 0 aliphatic carbocycles. The van der Waals surface area contributed by atoms with Crippen LogP contribution in [0.3, 0.4) is 0 Å². The van der Waals surface area contributed by atoms with E-state index in [1.165, 1.54) is 13.2 Å². The number of aryl methyl sites for hydroxylation is 1. The van der Waals surface area contributed by atoms with Crippen molar-refractivity contribution in [2.45, 2.75) is 18.7 Å². The minimum atomic E-state index is -3.98. The lowest BCUT2D eigenvalue weighted by molar-refractivity contribution is -0.110. The summed E-state index contributed by atoms with van der Waals surface area (Å²) in [5.74, 6) is 0.0239. The van der Waals surface area contributed by atoms with Gasteiger partial charge in [0.2, 0.25) is 0 Å². The number of sulfonamides is 1. The molecular formula is C22H22N4O4S. The van der Waals surface area contributed by atoms with Gasteiger partial charge in [0.15, 0.2) is 0 Å². The number of allylic oxidation sites excluding steroid dienone is 1. The molecule has 0 saturated carbocycles. The van der Waals surface area contributed by atoms with Gasteiger partial charge >= 0.3 is 0 Å². The van der Waals surface area contributed by atoms with Crippen LogP contribution in [0.15, 0.2) is 59.1 Å². The van der Waals surface area contributed by atoms with Crippen molar-refractivity contribution in [2.24, 2.45) is 7.05 Å². The Balaban J connectivity index is 1.92. The van der Waals surface area contributed by atoms with Crippen LogP contribution in [0.4, 0.5) is 11.4 Å². The molecule has 9 heteroatoms. The normalized spacial score (nSPS) is 13.0. The molecule has 1 aliphatic rings. The fourth-order valence-corrected chi connectivity index (χ4v) is 4.93. The molecule has 0 unspecified atom stereocenters. The lowest BCUT2D eigenvalue weighted by Crippen LogP contribution is -2.15. The van der Waals surface area contributed by atoms with Crippen LogP contribution in [0, 0.1) is 0 Å². The van der Waals surface area contributed by atoms with E-state index in [1.54, 1.807) is 54.3 Å². The number of anilines is 2. The summed E-state index contributed by atoms with van der Waals surface area (Å²) in [7, 11) is -0.792. The maximum absolute atomic E-state index is 13.3. The number of ether oxygens (including phenoxy) is 1. The largest absolute Gasteiger partial charge is 0.495 e. The van der Waals surface area contributed by atoms with E-state index in [9.17, 15) is 13.2 Å². The summed E-state index contributed by atoms with van der Waals surface area (Å²) < 4.78 is 36.1. The highest BCUT2D eigenvalue weighted by Gasteiger charge is 2.29. The third kappa shape index (κ3) is 3.57. The first-order valence-corrected chi connectivity index (χ1v) is 11.0. The van der Waals surface area contributed by atoms with Gasteiger partial charge in [-0.25, -0.2) is 8.42 Å². The number of aromatic nitrogens is 2. The molecule has 0 bridgehead atoms. The lowest BCUT2D eigenvalue weighted by Gasteiger charge is -2.16. The zero-order chi connectivity index (χ0) is 22.3. The average molecular weight is 439 g/mol. The zero-order valence-electron chi connectivity index (χ0n) is 17.6. The van der Waals surface area contributed by atoms with Crippen molar-refractivity contribution in [3.05, 3.63) is 59.8 Å². The van der Waals surface area contributed by atoms with Gasteiger partial charge in [-0.2, -0.15) is 5.10 Å². The summed E-state index contributed by atoms with van der Waals surface area (Å²) in [5.41, 5.74) is 4.26. The maximum Gasteiger partial charge on any atom is 0.265 e. The molecule has 0 fully saturated rings. The van der Waals surface area contributed by atoms with Crippen LogP contribution in [-0.4, -0.2) is 31.2 Å². The van der Waals surface area contributed by atoms with Crippen molar-refractivity contribution in [3.8, 4) is 17.0 Å². The molecule has 0 radical (unpaired) electrons. The second-order valence-corrected chi connectivity index (χ2v) is 9.02. The quantitative estimate of drug-likeness (QED) is 0.592. The molecule has 2 N–H and O–H groups in total. The van der Waals surface area contributed by atoms with Crippen molar-refractivity contribution in [2.75, 3.05) is 17.1 Å². The number of carbonyl (C=O) groups is 1. The molecule has 3 aromatic rings. The summed E-state index contributed by atoms with van der Waals surface area (Å²) in [6, 6.07) is 11.6. The molecule has 2 heterocycles. The van der Waals surface area contributed by atoms with Gasteiger partial charge in [-0.05, 0) is 44.2 Å². The molecule has 0 atom stereocenters. The van der Waals surface area contributed by atoms with E-state index in [2.05, 4.69) is 15.1 Å². The number of rotatable bonds is 5. The van der Waals surface area contributed by atoms with Crippen LogP contribution in [-0.2, 0) is 21.9 Å². The number of hydrogen-bond donors (Lipinski definition) is 2. The van der Waals surface area contributed by atoms with Crippen molar-refractivity contribution in [3.63, 3.8) is 0 Å². The minimum Gasteiger partial charge on any atom is -0.495 e. The summed E-state index contributed by atoms with van der Waals surface area (Å²) in [5, 5.41) is 7.06. The van der Waals surface area contributed by atoms with Gasteiger partial charge in [0.1, 0.15) is 10.6 Å². The Labute approximate surface area is 180 Å². The maximum atomic E-state index is 13.3. The number of hydrogen-bond acceptors (Lipinski definition) is 5. The minimum absolute atomic E-state index is 0.0191. The number of fused-ring (bicyclic) bond motifs is 1. The zero-order valence-corrected chi connectivity index (χ0v) is 18.4. The topological polar surface area (TPSA) is 102 Å². The highest BCUT2D eigenvalue weighted by atomic mass is 32.2. The smallest absolute Gasteiger partial charge is 0.265 e. The SMILES string of the molecule is COc1ccccc1S(=O)(=O)Nc1cc2c(cc1-c1ccnn1C)NC(=O)C2=C(C)C. The van der Waals surface area contributed by atoms with Crippen molar-refractivity contribution >= 4 is 32.9 Å². The van der Waals surface area contributed by atoms with Gasteiger partial charge in [0.25, 0.3) is 15.9 Å². The Morgan fingerprint density at radius 1 is 1.13 bits per heavy atom. The standard InChI is InChI=1S/C22H22N4O4S/c1-13(2)21-15-12-17(25-31(28,29)20-8-6-5-7-19(20)30-4)14(11-16(15)24-22(21)27)18-9-10-23-26(18)3/h5-12,25H,1-4H3,(H,24,27). The van der Waals surface area contributed by atoms with Crippen LogP contribution in [0.1, 0.15) is 19.4 Å². The Morgan fingerprint density at radius 2 is 1.87 bits per heavy atom. The number of nitrogens with one attached hydrogen (secondary N) is 2. The second-order valence-electron chi connectivity index (χ2n) is 7.37. The predicted octanol–water partition coefficient (Wildman–Crippen LogP) is 3.64. The number of nitrogens with zero attached hydrogens (tertiary/aromatic N) is 2. The van der Waals surface area contributed by atoms with Crippen molar-refractivity contribution in [1.29, 1.82) is 0 Å². The Bertz CT molecular complexity index is 1340. The Morgan fingerprint density at radius 3 is 2.52 bits per heavy atom. The number of benzene rings is 2. The first-order chi connectivity index (χ1) is 14.7. The second kappa shape index (κ2) is 7.59. The highest BCUT2D eigenvalue weighted by molar-refractivity contribution is 7.92. The highest BCUT2D eigenvalue weighted by Crippen LogP contribution is 2.42. The van der Waals surface area contributed by atoms with Gasteiger partial charge in [-0.1, -0.05) is 17.7 Å². The van der Waals surface area contributed by atoms with Crippen molar-refractivity contribution in [1.82, 2.24) is 9.78 Å². The van der Waals surface area contributed by atoms with Gasteiger partial charge in [-0.3, -0.25) is 14.2 Å². The van der Waals surface area contributed by atoms with E-state index >= 15 is 0 Å². The van der Waals surface area contributed by atoms with Crippen LogP contribution < -0.4 is 14.8 Å². The molecule has 31 heavy (non-hydrogen) atoms. The monoisotopic (exact) mass is 438 g/mol. The van der Waals surface area contributed by atoms with E-state index < -0.39 is 10.0 Å². The molecule has 1 aliphatic heterocycles. The third-order valence-corrected chi connectivity index (χ3v) is 6.51. The van der Waals surface area contributed by atoms with Gasteiger partial charge in [0.05, 0.1) is 18.5 Å². The fraction of sp³-hybridized carbons (Fsp3) is 0.182. The third-order valence-electron chi connectivity index (χ3n) is 5.10. The molecule has 2 aromatic carbocycles. The number of carbonyl (C=O) groups excluding carboxylic acids is 1. The van der Waals surface area contributed by atoms with E-state index in [-0.39, 0.29) is 16.6 Å². The van der Waals surface area contributed by atoms with Crippen LogP contribution in [0.25, 0.3) is 16.8 Å². The summed E-state index contributed by atoms with van der Waals surface area (Å²) >= 11 is 0. The summed E-state index contributed by atoms with van der Waals surface area (Å²) in [6.45, 7) is 3.69. The molecule has 0 saturated heterocycles. The molecule has 4 rings (SSSR count). The van der Waals surface area contributed by atoms with Gasteiger partial charge < -0.3 is 10.1 Å². The average Bonchev–Trinajstić information content (AvgIpc) is 3.28. The van der Waals surface area contributed by atoms with Crippen LogP contribution in [0.2, 0.25) is 0 Å². The van der Waals surface area contributed by atoms with E-state index in [0.717, 1.165) is 5.57 Å². The summed E-state index contributed by atoms with van der Waals surface area (Å²) in [4.78, 5) is 12.5. The predicted molar refractivity (Wildman–Crippen MR) is 119 cm³/mol. The van der Waals surface area contributed by atoms with Crippen LogP contribution >= 0.6 is 0 Å². The first kappa shape index (κ1) is 20.7. The number of amides is 1. The Kier molecular flexibility index (Phi) is 5.06. The van der Waals surface area contributed by atoms with Gasteiger partial charge in [0, 0.05) is 35.6 Å². The summed E-state index contributed by atoms with van der Waals surface area (Å²) in [6.07, 6.45) is 1.63. The molecule has 160 valence electrons. The van der Waals surface area contributed by atoms with Crippen molar-refractivity contribution < 1.29 is 17.9 Å². The molecule has 8 nitrogen and oxygen atoms in total. The molecular weight excluding hydrogens is 416 g/mol. The number of para-hydroxylation sites is 1. The first-order valence-electron chi connectivity index (χ1n) is 9.54. The molecule has 1 amide bonds. The van der Waals surface area contributed by atoms with E-state index in [0.29, 0.717) is 33.8 Å². The lowest BCUT2D eigenvalue weighted by atomic mass is 9.99.